The van der Waals surface area contributed by atoms with Crippen LogP contribution in [0.4, 0.5) is 0 Å². The van der Waals surface area contributed by atoms with Crippen molar-refractivity contribution in [3.63, 3.8) is 0 Å². The summed E-state index contributed by atoms with van der Waals surface area (Å²) in [6.45, 7) is 3.85. The van der Waals surface area contributed by atoms with Crippen LogP contribution < -0.4 is 14.8 Å². The standard InChI is InChI=1S/C15H18N2O2/c1-3-16-10-12-7-8-15(17-11-12)19-14-6-4-5-13(9-14)18-2/h4-9,11,16H,3,10H2,1-2H3. The summed E-state index contributed by atoms with van der Waals surface area (Å²) in [6, 6.07) is 11.3. The van der Waals surface area contributed by atoms with Crippen LogP contribution in [0.1, 0.15) is 12.5 Å². The number of rotatable bonds is 6. The van der Waals surface area contributed by atoms with Gasteiger partial charge in [0.2, 0.25) is 5.88 Å². The molecule has 0 aliphatic carbocycles. The monoisotopic (exact) mass is 258 g/mol. The molecule has 0 aliphatic heterocycles. The number of ether oxygens (including phenoxy) is 2. The highest BCUT2D eigenvalue weighted by molar-refractivity contribution is 5.35. The molecule has 0 fully saturated rings. The van der Waals surface area contributed by atoms with Crippen LogP contribution in [0.5, 0.6) is 17.4 Å². The minimum atomic E-state index is 0.577. The first-order chi connectivity index (χ1) is 9.31. The number of nitrogens with zero attached hydrogens (tertiary/aromatic N) is 1. The molecule has 0 bridgehead atoms. The van der Waals surface area contributed by atoms with Crippen molar-refractivity contribution in [3.8, 4) is 17.4 Å². The van der Waals surface area contributed by atoms with E-state index in [1.807, 2.05) is 42.6 Å². The maximum Gasteiger partial charge on any atom is 0.219 e. The van der Waals surface area contributed by atoms with E-state index in [0.29, 0.717) is 11.6 Å². The van der Waals surface area contributed by atoms with E-state index in [2.05, 4.69) is 17.2 Å². The van der Waals surface area contributed by atoms with Gasteiger partial charge in [-0.3, -0.25) is 0 Å². The van der Waals surface area contributed by atoms with Gasteiger partial charge in [-0.05, 0) is 24.2 Å². The highest BCUT2D eigenvalue weighted by Crippen LogP contribution is 2.23. The summed E-state index contributed by atoms with van der Waals surface area (Å²) in [7, 11) is 1.63. The number of hydrogen-bond acceptors (Lipinski definition) is 4. The third-order valence-corrected chi connectivity index (χ3v) is 2.64. The normalized spacial score (nSPS) is 10.2. The first-order valence-electron chi connectivity index (χ1n) is 6.29. The summed E-state index contributed by atoms with van der Waals surface area (Å²) in [5, 5.41) is 3.25. The second-order valence-electron chi connectivity index (χ2n) is 4.07. The van der Waals surface area contributed by atoms with Crippen LogP contribution in [0.25, 0.3) is 0 Å². The maximum atomic E-state index is 5.67. The van der Waals surface area contributed by atoms with Crippen LogP contribution in [0.3, 0.4) is 0 Å². The summed E-state index contributed by atoms with van der Waals surface area (Å²) in [5.41, 5.74) is 1.14. The number of nitrogens with one attached hydrogen (secondary N) is 1. The Morgan fingerprint density at radius 3 is 2.68 bits per heavy atom. The Morgan fingerprint density at radius 1 is 1.16 bits per heavy atom. The van der Waals surface area contributed by atoms with E-state index in [1.54, 1.807) is 7.11 Å². The molecule has 100 valence electrons. The highest BCUT2D eigenvalue weighted by atomic mass is 16.5. The molecule has 0 atom stereocenters. The fourth-order valence-corrected chi connectivity index (χ4v) is 1.63. The van der Waals surface area contributed by atoms with Gasteiger partial charge in [0, 0.05) is 24.9 Å². The Kier molecular flexibility index (Phi) is 4.75. The molecular formula is C15H18N2O2. The van der Waals surface area contributed by atoms with Crippen molar-refractivity contribution in [3.05, 3.63) is 48.2 Å². The molecule has 0 radical (unpaired) electrons. The quantitative estimate of drug-likeness (QED) is 0.865. The first-order valence-corrected chi connectivity index (χ1v) is 6.29. The summed E-state index contributed by atoms with van der Waals surface area (Å²) in [6.07, 6.45) is 1.82. The molecule has 0 unspecified atom stereocenters. The lowest BCUT2D eigenvalue weighted by atomic mass is 10.3. The van der Waals surface area contributed by atoms with E-state index in [0.717, 1.165) is 24.4 Å². The van der Waals surface area contributed by atoms with Crippen molar-refractivity contribution < 1.29 is 9.47 Å². The molecule has 1 N–H and O–H groups in total. The minimum absolute atomic E-state index is 0.577. The van der Waals surface area contributed by atoms with Crippen molar-refractivity contribution in [1.82, 2.24) is 10.3 Å². The predicted octanol–water partition coefficient (Wildman–Crippen LogP) is 2.99. The Balaban J connectivity index is 2.02. The summed E-state index contributed by atoms with van der Waals surface area (Å²) >= 11 is 0. The predicted molar refractivity (Wildman–Crippen MR) is 74.7 cm³/mol. The Labute approximate surface area is 113 Å². The van der Waals surface area contributed by atoms with Crippen LogP contribution in [-0.2, 0) is 6.54 Å². The molecule has 1 heterocycles. The van der Waals surface area contributed by atoms with E-state index < -0.39 is 0 Å². The molecule has 0 saturated heterocycles. The van der Waals surface area contributed by atoms with E-state index >= 15 is 0 Å². The molecule has 0 saturated carbocycles. The van der Waals surface area contributed by atoms with Gasteiger partial charge >= 0.3 is 0 Å². The second-order valence-corrected chi connectivity index (χ2v) is 4.07. The molecule has 2 aromatic rings. The average molecular weight is 258 g/mol. The lowest BCUT2D eigenvalue weighted by Gasteiger charge is -2.07. The van der Waals surface area contributed by atoms with Gasteiger partial charge in [0.25, 0.3) is 0 Å². The lowest BCUT2D eigenvalue weighted by Crippen LogP contribution is -2.11. The highest BCUT2D eigenvalue weighted by Gasteiger charge is 2.00. The zero-order valence-corrected chi connectivity index (χ0v) is 11.2. The molecule has 2 rings (SSSR count). The number of benzene rings is 1. The topological polar surface area (TPSA) is 43.4 Å². The Morgan fingerprint density at radius 2 is 2.00 bits per heavy atom. The number of hydrogen-bond donors (Lipinski definition) is 1. The first kappa shape index (κ1) is 13.4. The SMILES string of the molecule is CCNCc1ccc(Oc2cccc(OC)c2)nc1. The van der Waals surface area contributed by atoms with Gasteiger partial charge in [0.15, 0.2) is 0 Å². The number of aromatic nitrogens is 1. The molecule has 1 aromatic carbocycles. The third kappa shape index (κ3) is 3.96. The molecule has 4 nitrogen and oxygen atoms in total. The largest absolute Gasteiger partial charge is 0.497 e. The van der Waals surface area contributed by atoms with Crippen molar-refractivity contribution >= 4 is 0 Å². The summed E-state index contributed by atoms with van der Waals surface area (Å²) in [5.74, 6) is 2.06. The van der Waals surface area contributed by atoms with Gasteiger partial charge in [0.1, 0.15) is 11.5 Å². The van der Waals surface area contributed by atoms with Gasteiger partial charge in [-0.25, -0.2) is 4.98 Å². The van der Waals surface area contributed by atoms with Gasteiger partial charge in [-0.2, -0.15) is 0 Å². The molecule has 0 amide bonds. The maximum absolute atomic E-state index is 5.67. The molecule has 19 heavy (non-hydrogen) atoms. The number of pyridine rings is 1. The van der Waals surface area contributed by atoms with E-state index in [1.165, 1.54) is 0 Å². The fourth-order valence-electron chi connectivity index (χ4n) is 1.63. The summed E-state index contributed by atoms with van der Waals surface area (Å²) in [4.78, 5) is 4.28. The zero-order chi connectivity index (χ0) is 13.5. The van der Waals surface area contributed by atoms with Crippen LogP contribution in [-0.4, -0.2) is 18.6 Å². The fraction of sp³-hybridized carbons (Fsp3) is 0.267. The Bertz CT molecular complexity index is 512. The lowest BCUT2D eigenvalue weighted by molar-refractivity contribution is 0.407. The molecule has 4 heteroatoms. The van der Waals surface area contributed by atoms with Crippen molar-refractivity contribution in [2.45, 2.75) is 13.5 Å². The van der Waals surface area contributed by atoms with E-state index in [4.69, 9.17) is 9.47 Å². The van der Waals surface area contributed by atoms with Gasteiger partial charge in [0.05, 0.1) is 7.11 Å². The molecule has 0 aliphatic rings. The Hall–Kier alpha value is -2.07. The zero-order valence-electron chi connectivity index (χ0n) is 11.2. The van der Waals surface area contributed by atoms with Crippen LogP contribution in [0.2, 0.25) is 0 Å². The minimum Gasteiger partial charge on any atom is -0.497 e. The van der Waals surface area contributed by atoms with Crippen molar-refractivity contribution in [2.24, 2.45) is 0 Å². The van der Waals surface area contributed by atoms with Gasteiger partial charge in [-0.1, -0.05) is 19.1 Å². The number of methoxy groups -OCH3 is 1. The van der Waals surface area contributed by atoms with E-state index in [9.17, 15) is 0 Å². The van der Waals surface area contributed by atoms with Crippen LogP contribution in [0.15, 0.2) is 42.6 Å². The molecule has 1 aromatic heterocycles. The average Bonchev–Trinajstić information content (AvgIpc) is 2.47. The van der Waals surface area contributed by atoms with Gasteiger partial charge in [-0.15, -0.1) is 0 Å². The smallest absolute Gasteiger partial charge is 0.219 e. The van der Waals surface area contributed by atoms with Gasteiger partial charge < -0.3 is 14.8 Å². The van der Waals surface area contributed by atoms with E-state index in [-0.39, 0.29) is 0 Å². The molecule has 0 spiro atoms. The van der Waals surface area contributed by atoms with Crippen LogP contribution in [0, 0.1) is 0 Å². The third-order valence-electron chi connectivity index (χ3n) is 2.64. The van der Waals surface area contributed by atoms with Crippen molar-refractivity contribution in [2.75, 3.05) is 13.7 Å². The second kappa shape index (κ2) is 6.75. The van der Waals surface area contributed by atoms with Crippen molar-refractivity contribution in [1.29, 1.82) is 0 Å². The molecular weight excluding hydrogens is 240 g/mol. The summed E-state index contributed by atoms with van der Waals surface area (Å²) < 4.78 is 10.8. The van der Waals surface area contributed by atoms with Crippen LogP contribution >= 0.6 is 0 Å².